The first-order valence-corrected chi connectivity index (χ1v) is 1.58. The Morgan fingerprint density at radius 1 is 1.00 bits per heavy atom. The number of aromatic nitrogens is 3. The van der Waals surface area contributed by atoms with Crippen LogP contribution in [0.3, 0.4) is 0 Å². The van der Waals surface area contributed by atoms with E-state index in [9.17, 15) is 0 Å². The van der Waals surface area contributed by atoms with E-state index in [2.05, 4.69) is 15.4 Å². The van der Waals surface area contributed by atoms with Crippen LogP contribution in [0, 0.1) is 0 Å². The van der Waals surface area contributed by atoms with E-state index in [4.69, 9.17) is 0 Å². The standard InChI is InChI=1S/C3H3N3.FH/c1-2-4-6-5-3-1;/h1-3H;1H. The maximum absolute atomic E-state index is 3.42. The minimum Gasteiger partial charge on any atom is -0.269 e. The Morgan fingerprint density at radius 2 is 1.57 bits per heavy atom. The van der Waals surface area contributed by atoms with Crippen LogP contribution in [0.5, 0.6) is 0 Å². The zero-order valence-electron chi connectivity index (χ0n) is 3.48. The van der Waals surface area contributed by atoms with Gasteiger partial charge in [-0.1, -0.05) is 0 Å². The smallest absolute Gasteiger partial charge is 0.0529 e. The van der Waals surface area contributed by atoms with Crippen LogP contribution in [0.2, 0.25) is 0 Å². The Bertz CT molecular complexity index is 82.1. The molecule has 0 atom stereocenters. The van der Waals surface area contributed by atoms with Gasteiger partial charge in [0.15, 0.2) is 0 Å². The third-order valence-electron chi connectivity index (χ3n) is 0.409. The first-order chi connectivity index (χ1) is 3.00. The van der Waals surface area contributed by atoms with Gasteiger partial charge in [-0.25, -0.2) is 0 Å². The van der Waals surface area contributed by atoms with Gasteiger partial charge in [-0.2, -0.15) is 0 Å². The fraction of sp³-hybridized carbons (Fsp3) is 0. The molecule has 0 radical (unpaired) electrons. The van der Waals surface area contributed by atoms with E-state index < -0.39 is 0 Å². The highest BCUT2D eigenvalue weighted by Crippen LogP contribution is 1.61. The molecule has 0 unspecified atom stereocenters. The monoisotopic (exact) mass is 101 g/mol. The topological polar surface area (TPSA) is 38.7 Å². The van der Waals surface area contributed by atoms with Crippen LogP contribution in [-0.4, -0.2) is 15.4 Å². The molecule has 4 heteroatoms. The lowest BCUT2D eigenvalue weighted by molar-refractivity contribution is 0.865. The van der Waals surface area contributed by atoms with Gasteiger partial charge in [0.05, 0.1) is 12.4 Å². The Kier molecular flexibility index (Phi) is 2.67. The van der Waals surface area contributed by atoms with E-state index in [0.29, 0.717) is 0 Å². The molecule has 0 amide bonds. The van der Waals surface area contributed by atoms with Crippen molar-refractivity contribution in [2.75, 3.05) is 0 Å². The Hall–Kier alpha value is -1.06. The second-order valence-corrected chi connectivity index (χ2v) is 0.811. The van der Waals surface area contributed by atoms with Crippen molar-refractivity contribution in [2.45, 2.75) is 0 Å². The number of nitrogens with zero attached hydrogens (tertiary/aromatic N) is 3. The van der Waals surface area contributed by atoms with Gasteiger partial charge in [0.1, 0.15) is 0 Å². The Balaban J connectivity index is 0.000000360. The molecule has 1 aromatic heterocycles. The summed E-state index contributed by atoms with van der Waals surface area (Å²) in [6, 6.07) is 1.72. The van der Waals surface area contributed by atoms with Gasteiger partial charge in [-0.3, -0.25) is 4.70 Å². The molecule has 0 spiro atoms. The fourth-order valence-electron chi connectivity index (χ4n) is 0.205. The third kappa shape index (κ3) is 1.75. The molecule has 0 aliphatic heterocycles. The average Bonchev–Trinajstić information content (AvgIpc) is 1.72. The molecule has 7 heavy (non-hydrogen) atoms. The lowest BCUT2D eigenvalue weighted by Crippen LogP contribution is -1.78. The number of hydrogen-bond acceptors (Lipinski definition) is 3. The first-order valence-electron chi connectivity index (χ1n) is 1.58. The number of rotatable bonds is 0. The molecule has 0 saturated heterocycles. The summed E-state index contributed by atoms with van der Waals surface area (Å²) < 4.78 is 0. The molecule has 0 N–H and O–H groups in total. The van der Waals surface area contributed by atoms with Crippen LogP contribution in [0.25, 0.3) is 0 Å². The quantitative estimate of drug-likeness (QED) is 0.462. The van der Waals surface area contributed by atoms with E-state index in [-0.39, 0.29) is 4.70 Å². The van der Waals surface area contributed by atoms with Crippen molar-refractivity contribution in [3.8, 4) is 0 Å². The molecule has 1 aromatic rings. The third-order valence-corrected chi connectivity index (χ3v) is 0.409. The second-order valence-electron chi connectivity index (χ2n) is 0.811. The van der Waals surface area contributed by atoms with E-state index in [0.717, 1.165) is 0 Å². The molecule has 0 aliphatic rings. The summed E-state index contributed by atoms with van der Waals surface area (Å²) in [5.74, 6) is 0. The van der Waals surface area contributed by atoms with Crippen LogP contribution < -0.4 is 0 Å². The zero-order chi connectivity index (χ0) is 4.24. The molecule has 38 valence electrons. The van der Waals surface area contributed by atoms with E-state index in [1.807, 2.05) is 0 Å². The molecule has 0 saturated carbocycles. The lowest BCUT2D eigenvalue weighted by Gasteiger charge is -1.68. The fourth-order valence-corrected chi connectivity index (χ4v) is 0.205. The van der Waals surface area contributed by atoms with Crippen LogP contribution in [0.1, 0.15) is 0 Å². The van der Waals surface area contributed by atoms with Gasteiger partial charge in [-0.15, -0.1) is 10.2 Å². The summed E-state index contributed by atoms with van der Waals surface area (Å²) in [4.78, 5) is 0. The summed E-state index contributed by atoms with van der Waals surface area (Å²) in [7, 11) is 0. The van der Waals surface area contributed by atoms with Crippen molar-refractivity contribution in [2.24, 2.45) is 0 Å². The van der Waals surface area contributed by atoms with Gasteiger partial charge < -0.3 is 0 Å². The maximum Gasteiger partial charge on any atom is 0.0529 e. The normalized spacial score (nSPS) is 6.86. The van der Waals surface area contributed by atoms with Gasteiger partial charge in [0.2, 0.25) is 0 Å². The molecule has 0 aromatic carbocycles. The largest absolute Gasteiger partial charge is 0.269 e. The molecular formula is C3H4FN3. The lowest BCUT2D eigenvalue weighted by atomic mass is 10.7. The first kappa shape index (κ1) is 5.94. The van der Waals surface area contributed by atoms with Crippen molar-refractivity contribution < 1.29 is 4.70 Å². The predicted molar refractivity (Wildman–Crippen MR) is 22.3 cm³/mol. The summed E-state index contributed by atoms with van der Waals surface area (Å²) >= 11 is 0. The van der Waals surface area contributed by atoms with Crippen molar-refractivity contribution in [1.29, 1.82) is 0 Å². The molecular weight excluding hydrogens is 97.1 g/mol. The van der Waals surface area contributed by atoms with E-state index in [1.54, 1.807) is 18.5 Å². The molecule has 1 heterocycles. The molecule has 0 aliphatic carbocycles. The van der Waals surface area contributed by atoms with Crippen molar-refractivity contribution in [1.82, 2.24) is 15.4 Å². The van der Waals surface area contributed by atoms with Crippen LogP contribution in [-0.2, 0) is 0 Å². The minimum atomic E-state index is 0. The Labute approximate surface area is 39.8 Å². The van der Waals surface area contributed by atoms with Crippen LogP contribution in [0.4, 0.5) is 4.70 Å². The van der Waals surface area contributed by atoms with Gasteiger partial charge in [0.25, 0.3) is 0 Å². The van der Waals surface area contributed by atoms with Gasteiger partial charge in [0, 0.05) is 0 Å². The summed E-state index contributed by atoms with van der Waals surface area (Å²) in [5, 5.41) is 10.1. The van der Waals surface area contributed by atoms with E-state index >= 15 is 0 Å². The van der Waals surface area contributed by atoms with Gasteiger partial charge >= 0.3 is 0 Å². The molecule has 0 fully saturated rings. The highest BCUT2D eigenvalue weighted by Gasteiger charge is 1.60. The summed E-state index contributed by atoms with van der Waals surface area (Å²) in [5.41, 5.74) is 0. The Morgan fingerprint density at radius 3 is 1.71 bits per heavy atom. The van der Waals surface area contributed by atoms with Gasteiger partial charge in [-0.05, 0) is 11.3 Å². The van der Waals surface area contributed by atoms with Crippen molar-refractivity contribution in [3.05, 3.63) is 18.5 Å². The number of hydrogen-bond donors (Lipinski definition) is 0. The van der Waals surface area contributed by atoms with E-state index in [1.165, 1.54) is 0 Å². The summed E-state index contributed by atoms with van der Waals surface area (Å²) in [6.45, 7) is 0. The molecule has 0 bridgehead atoms. The number of halogens is 1. The SMILES string of the molecule is F.c1cnnnc1. The van der Waals surface area contributed by atoms with Crippen LogP contribution >= 0.6 is 0 Å². The molecule has 1 rings (SSSR count). The highest BCUT2D eigenvalue weighted by molar-refractivity contribution is 4.69. The minimum absolute atomic E-state index is 0. The highest BCUT2D eigenvalue weighted by atomic mass is 19.0. The maximum atomic E-state index is 3.42. The van der Waals surface area contributed by atoms with Crippen molar-refractivity contribution >= 4 is 0 Å². The second kappa shape index (κ2) is 3.14. The average molecular weight is 101 g/mol. The predicted octanol–water partition coefficient (Wildman–Crippen LogP) is 0.0241. The summed E-state index contributed by atoms with van der Waals surface area (Å²) in [6.07, 6.45) is 3.15. The van der Waals surface area contributed by atoms with Crippen molar-refractivity contribution in [3.63, 3.8) is 0 Å². The van der Waals surface area contributed by atoms with Crippen LogP contribution in [0.15, 0.2) is 18.5 Å². The molecule has 3 nitrogen and oxygen atoms in total. The zero-order valence-corrected chi connectivity index (χ0v) is 3.48.